The highest BCUT2D eigenvalue weighted by atomic mass is 32.2. The Balaban J connectivity index is 1.65. The van der Waals surface area contributed by atoms with Gasteiger partial charge in [-0.1, -0.05) is 62.0 Å². The van der Waals surface area contributed by atoms with E-state index in [-0.39, 0.29) is 17.1 Å². The SMILES string of the molecule is COc1cccc(-c2nnc(SC(C(=O)NCc3cccnc3)C(C)C)n2-c2ccccc2)c1. The summed E-state index contributed by atoms with van der Waals surface area (Å²) >= 11 is 1.42. The van der Waals surface area contributed by atoms with Gasteiger partial charge in [-0.25, -0.2) is 0 Å². The minimum Gasteiger partial charge on any atom is -0.497 e. The Hall–Kier alpha value is -3.65. The maximum atomic E-state index is 13.1. The molecule has 1 unspecified atom stereocenters. The number of aromatic nitrogens is 4. The molecule has 1 N–H and O–H groups in total. The average Bonchev–Trinajstić information content (AvgIpc) is 3.30. The van der Waals surface area contributed by atoms with Gasteiger partial charge in [0.2, 0.25) is 5.91 Å². The van der Waals surface area contributed by atoms with E-state index < -0.39 is 0 Å². The molecule has 34 heavy (non-hydrogen) atoms. The number of ether oxygens (including phenoxy) is 1. The molecule has 0 aliphatic carbocycles. The number of amides is 1. The van der Waals surface area contributed by atoms with Crippen LogP contribution in [0.15, 0.2) is 84.3 Å². The highest BCUT2D eigenvalue weighted by Gasteiger charge is 2.27. The zero-order chi connectivity index (χ0) is 23.9. The Bertz CT molecular complexity index is 1230. The van der Waals surface area contributed by atoms with Crippen molar-refractivity contribution in [2.75, 3.05) is 7.11 Å². The molecule has 2 aromatic heterocycles. The summed E-state index contributed by atoms with van der Waals surface area (Å²) in [7, 11) is 1.64. The Morgan fingerprint density at radius 2 is 1.88 bits per heavy atom. The number of hydrogen-bond donors (Lipinski definition) is 1. The van der Waals surface area contributed by atoms with Crippen molar-refractivity contribution >= 4 is 17.7 Å². The van der Waals surface area contributed by atoms with E-state index in [1.807, 2.05) is 85.1 Å². The van der Waals surface area contributed by atoms with Crippen LogP contribution in [0.4, 0.5) is 0 Å². The summed E-state index contributed by atoms with van der Waals surface area (Å²) in [4.78, 5) is 17.3. The first kappa shape index (κ1) is 23.5. The fourth-order valence-corrected chi connectivity index (χ4v) is 4.58. The smallest absolute Gasteiger partial charge is 0.234 e. The third-order valence-electron chi connectivity index (χ3n) is 5.26. The van der Waals surface area contributed by atoms with Crippen molar-refractivity contribution < 1.29 is 9.53 Å². The number of carbonyl (C=O) groups is 1. The van der Waals surface area contributed by atoms with Gasteiger partial charge >= 0.3 is 0 Å². The molecule has 4 aromatic rings. The molecule has 0 radical (unpaired) electrons. The lowest BCUT2D eigenvalue weighted by atomic mass is 10.1. The molecule has 4 rings (SSSR count). The lowest BCUT2D eigenvalue weighted by molar-refractivity contribution is -0.121. The van der Waals surface area contributed by atoms with E-state index >= 15 is 0 Å². The predicted octanol–water partition coefficient (Wildman–Crippen LogP) is 4.77. The monoisotopic (exact) mass is 473 g/mol. The maximum Gasteiger partial charge on any atom is 0.234 e. The van der Waals surface area contributed by atoms with Crippen LogP contribution in [0.2, 0.25) is 0 Å². The van der Waals surface area contributed by atoms with Gasteiger partial charge in [-0.15, -0.1) is 10.2 Å². The van der Waals surface area contributed by atoms with Gasteiger partial charge in [0.05, 0.1) is 12.4 Å². The Kier molecular flexibility index (Phi) is 7.59. The van der Waals surface area contributed by atoms with E-state index in [2.05, 4.69) is 20.5 Å². The summed E-state index contributed by atoms with van der Waals surface area (Å²) in [6.07, 6.45) is 3.47. The zero-order valence-corrected chi connectivity index (χ0v) is 20.2. The molecule has 7 nitrogen and oxygen atoms in total. The largest absolute Gasteiger partial charge is 0.497 e. The van der Waals surface area contributed by atoms with E-state index in [4.69, 9.17) is 4.74 Å². The molecule has 0 spiro atoms. The van der Waals surface area contributed by atoms with Crippen LogP contribution in [0, 0.1) is 5.92 Å². The van der Waals surface area contributed by atoms with Crippen molar-refractivity contribution in [3.63, 3.8) is 0 Å². The van der Waals surface area contributed by atoms with Crippen molar-refractivity contribution in [3.8, 4) is 22.8 Å². The molecule has 1 atom stereocenters. The van der Waals surface area contributed by atoms with Crippen LogP contribution in [0.3, 0.4) is 0 Å². The third kappa shape index (κ3) is 5.46. The van der Waals surface area contributed by atoms with Gasteiger partial charge in [0.1, 0.15) is 5.75 Å². The van der Waals surface area contributed by atoms with E-state index in [0.717, 1.165) is 22.6 Å². The number of para-hydroxylation sites is 1. The molecule has 0 saturated carbocycles. The first-order chi connectivity index (χ1) is 16.6. The summed E-state index contributed by atoms with van der Waals surface area (Å²) < 4.78 is 7.39. The summed E-state index contributed by atoms with van der Waals surface area (Å²) in [5.74, 6) is 1.46. The normalized spacial score (nSPS) is 11.9. The van der Waals surface area contributed by atoms with Crippen molar-refractivity contribution in [2.24, 2.45) is 5.92 Å². The van der Waals surface area contributed by atoms with Crippen LogP contribution >= 0.6 is 11.8 Å². The van der Waals surface area contributed by atoms with Crippen molar-refractivity contribution in [2.45, 2.75) is 30.8 Å². The first-order valence-corrected chi connectivity index (χ1v) is 11.9. The molecule has 0 aliphatic rings. The van der Waals surface area contributed by atoms with E-state index in [9.17, 15) is 4.79 Å². The van der Waals surface area contributed by atoms with Crippen molar-refractivity contribution in [3.05, 3.63) is 84.7 Å². The Morgan fingerprint density at radius 3 is 2.59 bits per heavy atom. The van der Waals surface area contributed by atoms with Crippen LogP contribution in [-0.2, 0) is 11.3 Å². The average molecular weight is 474 g/mol. The zero-order valence-electron chi connectivity index (χ0n) is 19.4. The molecule has 0 saturated heterocycles. The van der Waals surface area contributed by atoms with Gasteiger partial charge in [-0.3, -0.25) is 14.3 Å². The molecule has 0 bridgehead atoms. The molecular weight excluding hydrogens is 446 g/mol. The Labute approximate surface area is 203 Å². The number of thioether (sulfide) groups is 1. The van der Waals surface area contributed by atoms with Crippen LogP contribution in [0.25, 0.3) is 17.1 Å². The lowest BCUT2D eigenvalue weighted by Gasteiger charge is -2.20. The molecule has 0 aliphatic heterocycles. The number of rotatable bonds is 9. The summed E-state index contributed by atoms with van der Waals surface area (Å²) in [5, 5.41) is 12.3. The van der Waals surface area contributed by atoms with Gasteiger partial charge in [0, 0.05) is 30.2 Å². The summed E-state index contributed by atoms with van der Waals surface area (Å²) in [6, 6.07) is 21.4. The highest BCUT2D eigenvalue weighted by molar-refractivity contribution is 8.00. The number of methoxy groups -OCH3 is 1. The standard InChI is InChI=1S/C26H27N5O2S/c1-18(2)23(25(32)28-17-19-9-8-14-27-16-19)34-26-30-29-24(20-10-7-13-22(15-20)33-3)31(26)21-11-5-4-6-12-21/h4-16,18,23H,17H2,1-3H3,(H,28,32). The molecule has 0 fully saturated rings. The quantitative estimate of drug-likeness (QED) is 0.353. The van der Waals surface area contributed by atoms with Crippen LogP contribution < -0.4 is 10.1 Å². The van der Waals surface area contributed by atoms with Crippen LogP contribution in [0.1, 0.15) is 19.4 Å². The minimum absolute atomic E-state index is 0.0469. The highest BCUT2D eigenvalue weighted by Crippen LogP contribution is 2.33. The molecule has 1 amide bonds. The van der Waals surface area contributed by atoms with Gasteiger partial charge in [0.25, 0.3) is 0 Å². The number of nitrogens with zero attached hydrogens (tertiary/aromatic N) is 4. The van der Waals surface area contributed by atoms with E-state index in [1.54, 1.807) is 19.5 Å². The third-order valence-corrected chi connectivity index (χ3v) is 6.75. The van der Waals surface area contributed by atoms with Gasteiger partial charge in [-0.05, 0) is 41.8 Å². The van der Waals surface area contributed by atoms with E-state index in [0.29, 0.717) is 17.5 Å². The number of carbonyl (C=O) groups excluding carboxylic acids is 1. The van der Waals surface area contributed by atoms with Crippen LogP contribution in [0.5, 0.6) is 5.75 Å². The van der Waals surface area contributed by atoms with Crippen LogP contribution in [-0.4, -0.2) is 38.0 Å². The Morgan fingerprint density at radius 1 is 1.06 bits per heavy atom. The fraction of sp³-hybridized carbons (Fsp3) is 0.231. The molecular formula is C26H27N5O2S. The lowest BCUT2D eigenvalue weighted by Crippen LogP contribution is -2.35. The van der Waals surface area contributed by atoms with Crippen molar-refractivity contribution in [1.82, 2.24) is 25.1 Å². The summed E-state index contributed by atoms with van der Waals surface area (Å²) in [5.41, 5.74) is 2.76. The number of benzene rings is 2. The molecule has 174 valence electrons. The minimum atomic E-state index is -0.346. The molecule has 2 heterocycles. The number of nitrogens with one attached hydrogen (secondary N) is 1. The first-order valence-electron chi connectivity index (χ1n) is 11.1. The number of pyridine rings is 1. The van der Waals surface area contributed by atoms with Gasteiger partial charge < -0.3 is 10.1 Å². The summed E-state index contributed by atoms with van der Waals surface area (Å²) in [6.45, 7) is 4.50. The topological polar surface area (TPSA) is 81.9 Å². The van der Waals surface area contributed by atoms with Gasteiger partial charge in [-0.2, -0.15) is 0 Å². The van der Waals surface area contributed by atoms with Gasteiger partial charge in [0.15, 0.2) is 11.0 Å². The second-order valence-electron chi connectivity index (χ2n) is 8.07. The molecule has 2 aromatic carbocycles. The second-order valence-corrected chi connectivity index (χ2v) is 9.18. The second kappa shape index (κ2) is 11.0. The fourth-order valence-electron chi connectivity index (χ4n) is 3.50. The van der Waals surface area contributed by atoms with E-state index in [1.165, 1.54) is 11.8 Å². The van der Waals surface area contributed by atoms with Crippen molar-refractivity contribution in [1.29, 1.82) is 0 Å². The number of hydrogen-bond acceptors (Lipinski definition) is 6. The predicted molar refractivity (Wildman–Crippen MR) is 134 cm³/mol. The molecule has 8 heteroatoms. The maximum absolute atomic E-state index is 13.1.